The largest absolute Gasteiger partial charge is 0.347 e. The lowest BCUT2D eigenvalue weighted by atomic mass is 9.84. The molecule has 1 aromatic carbocycles. The van der Waals surface area contributed by atoms with E-state index in [1.807, 2.05) is 19.2 Å². The molecule has 0 N–H and O–H groups in total. The highest BCUT2D eigenvalue weighted by molar-refractivity contribution is 5.70. The second-order valence-corrected chi connectivity index (χ2v) is 5.31. The van der Waals surface area contributed by atoms with Crippen molar-refractivity contribution in [3.8, 4) is 0 Å². The Hall–Kier alpha value is -2.36. The maximum Gasteiger partial charge on any atom is 0.268 e. The van der Waals surface area contributed by atoms with E-state index >= 15 is 0 Å². The van der Waals surface area contributed by atoms with Crippen LogP contribution < -0.4 is 4.90 Å². The van der Waals surface area contributed by atoms with Gasteiger partial charge in [0.05, 0.1) is 4.92 Å². The first-order chi connectivity index (χ1) is 9.39. The first kappa shape index (κ1) is 14.1. The Labute approximate surface area is 118 Å². The van der Waals surface area contributed by atoms with Crippen molar-refractivity contribution in [3.63, 3.8) is 0 Å². The van der Waals surface area contributed by atoms with Crippen molar-refractivity contribution in [2.45, 2.75) is 19.3 Å². The average Bonchev–Trinajstić information content (AvgIpc) is 2.60. The first-order valence-electron chi connectivity index (χ1n) is 6.42. The summed E-state index contributed by atoms with van der Waals surface area (Å²) in [4.78, 5) is 12.5. The van der Waals surface area contributed by atoms with E-state index in [9.17, 15) is 10.1 Å². The molecular formula is C16H18N2O2. The predicted octanol–water partition coefficient (Wildman–Crippen LogP) is 3.64. The van der Waals surface area contributed by atoms with Crippen LogP contribution in [0.4, 0.5) is 5.69 Å². The van der Waals surface area contributed by atoms with Crippen molar-refractivity contribution < 1.29 is 4.92 Å². The summed E-state index contributed by atoms with van der Waals surface area (Å²) < 4.78 is 0. The molecule has 0 unspecified atom stereocenters. The Balaban J connectivity index is 2.50. The maximum absolute atomic E-state index is 10.8. The number of hydrogen-bond donors (Lipinski definition) is 0. The number of nitrogens with zero attached hydrogens (tertiary/aromatic N) is 2. The molecule has 0 fully saturated rings. The van der Waals surface area contributed by atoms with Crippen LogP contribution in [0.15, 0.2) is 60.5 Å². The van der Waals surface area contributed by atoms with E-state index in [1.165, 1.54) is 17.7 Å². The van der Waals surface area contributed by atoms with Gasteiger partial charge in [0.2, 0.25) is 0 Å². The van der Waals surface area contributed by atoms with Crippen molar-refractivity contribution in [3.05, 3.63) is 76.1 Å². The third-order valence-corrected chi connectivity index (χ3v) is 3.77. The Morgan fingerprint density at radius 1 is 1.40 bits per heavy atom. The molecule has 1 aliphatic heterocycles. The Kier molecular flexibility index (Phi) is 3.49. The lowest BCUT2D eigenvalue weighted by Gasteiger charge is -2.23. The van der Waals surface area contributed by atoms with Gasteiger partial charge in [-0.3, -0.25) is 10.1 Å². The molecule has 0 atom stereocenters. The predicted molar refractivity (Wildman–Crippen MR) is 81.2 cm³/mol. The van der Waals surface area contributed by atoms with Gasteiger partial charge in [0.15, 0.2) is 0 Å². The van der Waals surface area contributed by atoms with E-state index in [4.69, 9.17) is 0 Å². The van der Waals surface area contributed by atoms with E-state index in [2.05, 4.69) is 37.5 Å². The van der Waals surface area contributed by atoms with Crippen molar-refractivity contribution >= 4 is 5.69 Å². The molecule has 104 valence electrons. The second-order valence-electron chi connectivity index (χ2n) is 5.31. The number of fused-ring (bicyclic) bond motifs is 1. The minimum Gasteiger partial charge on any atom is -0.347 e. The quantitative estimate of drug-likeness (QED) is 0.478. The van der Waals surface area contributed by atoms with Gasteiger partial charge in [-0.2, -0.15) is 0 Å². The summed E-state index contributed by atoms with van der Waals surface area (Å²) >= 11 is 0. The zero-order valence-electron chi connectivity index (χ0n) is 12.0. The Morgan fingerprint density at radius 2 is 2.05 bits per heavy atom. The van der Waals surface area contributed by atoms with E-state index in [0.717, 1.165) is 11.4 Å². The van der Waals surface area contributed by atoms with Gasteiger partial charge in [-0.25, -0.2) is 0 Å². The van der Waals surface area contributed by atoms with Gasteiger partial charge >= 0.3 is 0 Å². The van der Waals surface area contributed by atoms with Crippen LogP contribution in [0.2, 0.25) is 0 Å². The fraction of sp³-hybridized carbons (Fsp3) is 0.250. The number of likely N-dealkylation sites (N-methyl/N-ethyl adjacent to an activating group) is 1. The molecule has 4 nitrogen and oxygen atoms in total. The van der Waals surface area contributed by atoms with Crippen molar-refractivity contribution in [2.24, 2.45) is 0 Å². The molecule has 0 saturated carbocycles. The van der Waals surface area contributed by atoms with E-state index in [0.29, 0.717) is 0 Å². The molecule has 0 radical (unpaired) electrons. The van der Waals surface area contributed by atoms with Crippen LogP contribution in [0.5, 0.6) is 0 Å². The van der Waals surface area contributed by atoms with E-state index in [-0.39, 0.29) is 11.1 Å². The molecule has 1 heterocycles. The highest BCUT2D eigenvalue weighted by atomic mass is 16.6. The molecule has 1 aliphatic rings. The van der Waals surface area contributed by atoms with Crippen molar-refractivity contribution in [1.29, 1.82) is 0 Å². The molecule has 2 rings (SSSR count). The van der Waals surface area contributed by atoms with Gasteiger partial charge in [0.1, 0.15) is 0 Å². The van der Waals surface area contributed by atoms with Crippen LogP contribution in [0.1, 0.15) is 19.4 Å². The molecule has 0 amide bonds. The number of nitro groups is 1. The summed E-state index contributed by atoms with van der Waals surface area (Å²) in [6.07, 6.45) is 4.57. The lowest BCUT2D eigenvalue weighted by Crippen LogP contribution is -2.22. The molecule has 0 aromatic heterocycles. The summed E-state index contributed by atoms with van der Waals surface area (Å²) in [5, 5.41) is 10.8. The van der Waals surface area contributed by atoms with Crippen LogP contribution in [0.3, 0.4) is 0 Å². The summed E-state index contributed by atoms with van der Waals surface area (Å²) in [5.74, 6) is 0. The zero-order valence-corrected chi connectivity index (χ0v) is 12.0. The maximum atomic E-state index is 10.8. The standard InChI is InChI=1S/C16H18N2O2/c1-5-12(18(19)20)10-11-15-16(2,3)13-8-6-7-9-14(13)17(15)4/h5-11H,1H2,2-4H3/b12-10-,15-11+. The SMILES string of the molecule is C=C/C(=C/C=C1/N(C)c2ccccc2C1(C)C)[N+](=O)[O-]. The third kappa shape index (κ3) is 2.13. The highest BCUT2D eigenvalue weighted by Gasteiger charge is 2.37. The monoisotopic (exact) mass is 270 g/mol. The summed E-state index contributed by atoms with van der Waals surface area (Å²) in [5.41, 5.74) is 3.21. The van der Waals surface area contributed by atoms with Crippen molar-refractivity contribution in [1.82, 2.24) is 0 Å². The number of rotatable bonds is 3. The van der Waals surface area contributed by atoms with Gasteiger partial charge in [-0.1, -0.05) is 38.6 Å². The summed E-state index contributed by atoms with van der Waals surface area (Å²) in [7, 11) is 1.98. The minimum absolute atomic E-state index is 0.00217. The highest BCUT2D eigenvalue weighted by Crippen LogP contribution is 2.46. The smallest absolute Gasteiger partial charge is 0.268 e. The molecule has 0 bridgehead atoms. The summed E-state index contributed by atoms with van der Waals surface area (Å²) in [6.45, 7) is 7.71. The van der Waals surface area contributed by atoms with Crippen LogP contribution >= 0.6 is 0 Å². The van der Waals surface area contributed by atoms with Gasteiger partial charge in [-0.05, 0) is 17.7 Å². The molecule has 0 aliphatic carbocycles. The molecule has 0 saturated heterocycles. The molecule has 4 heteroatoms. The lowest BCUT2D eigenvalue weighted by molar-refractivity contribution is -0.418. The second kappa shape index (κ2) is 4.96. The fourth-order valence-electron chi connectivity index (χ4n) is 2.67. The van der Waals surface area contributed by atoms with Crippen LogP contribution in [0, 0.1) is 10.1 Å². The number of benzene rings is 1. The third-order valence-electron chi connectivity index (χ3n) is 3.77. The van der Waals surface area contributed by atoms with Gasteiger partial charge in [-0.15, -0.1) is 0 Å². The fourth-order valence-corrected chi connectivity index (χ4v) is 2.67. The first-order valence-corrected chi connectivity index (χ1v) is 6.42. The van der Waals surface area contributed by atoms with E-state index < -0.39 is 4.92 Å². The molecule has 0 spiro atoms. The summed E-state index contributed by atoms with van der Waals surface area (Å²) in [6, 6.07) is 8.16. The number of anilines is 1. The topological polar surface area (TPSA) is 46.4 Å². The van der Waals surface area contributed by atoms with Crippen molar-refractivity contribution in [2.75, 3.05) is 11.9 Å². The zero-order chi connectivity index (χ0) is 14.9. The number of allylic oxidation sites excluding steroid dienone is 4. The van der Waals surface area contributed by atoms with Gasteiger partial charge in [0.25, 0.3) is 5.70 Å². The van der Waals surface area contributed by atoms with Crippen LogP contribution in [-0.2, 0) is 5.41 Å². The van der Waals surface area contributed by atoms with E-state index in [1.54, 1.807) is 6.08 Å². The minimum atomic E-state index is -0.431. The molecule has 1 aromatic rings. The van der Waals surface area contributed by atoms with Crippen LogP contribution in [0.25, 0.3) is 0 Å². The Morgan fingerprint density at radius 3 is 2.60 bits per heavy atom. The normalized spacial score (nSPS) is 19.1. The number of hydrogen-bond acceptors (Lipinski definition) is 3. The Bertz CT molecular complexity index is 627. The van der Waals surface area contributed by atoms with Gasteiger partial charge in [0, 0.05) is 36.0 Å². The molecular weight excluding hydrogens is 252 g/mol. The van der Waals surface area contributed by atoms with Gasteiger partial charge < -0.3 is 4.90 Å². The number of para-hydroxylation sites is 1. The van der Waals surface area contributed by atoms with Crippen LogP contribution in [-0.4, -0.2) is 12.0 Å². The average molecular weight is 270 g/mol. The molecule has 20 heavy (non-hydrogen) atoms.